The molecule has 9 nitrogen and oxygen atoms in total. The minimum Gasteiger partial charge on any atom is -0.383 e. The Morgan fingerprint density at radius 2 is 1.81 bits per heavy atom. The lowest BCUT2D eigenvalue weighted by molar-refractivity contribution is -0.116. The van der Waals surface area contributed by atoms with E-state index in [4.69, 9.17) is 16.3 Å². The highest BCUT2D eigenvalue weighted by Gasteiger charge is 2.25. The fourth-order valence-electron chi connectivity index (χ4n) is 3.57. The van der Waals surface area contributed by atoms with Crippen LogP contribution >= 0.6 is 23.1 Å². The first-order chi connectivity index (χ1) is 16.8. The van der Waals surface area contributed by atoms with Crippen LogP contribution in [0, 0.1) is 12.3 Å². The number of sulfonamides is 1. The van der Waals surface area contributed by atoms with E-state index in [0.29, 0.717) is 25.9 Å². The summed E-state index contributed by atoms with van der Waals surface area (Å²) in [5.41, 5.74) is 8.10. The summed E-state index contributed by atoms with van der Waals surface area (Å²) in [4.78, 5) is 13.0. The lowest BCUT2D eigenvalue weighted by Crippen LogP contribution is -2.19. The maximum Gasteiger partial charge on any atom is 0.224 e. The first-order valence-corrected chi connectivity index (χ1v) is 15.8. The van der Waals surface area contributed by atoms with Crippen LogP contribution in [0.25, 0.3) is 11.1 Å². The molecule has 0 unspecified atom stereocenters. The monoisotopic (exact) mass is 566 g/mol. The van der Waals surface area contributed by atoms with Gasteiger partial charge in [0.05, 0.1) is 24.6 Å². The highest BCUT2D eigenvalue weighted by atomic mass is 32.2. The normalized spacial score (nSPS) is 11.9. The number of carbonyl (C=O) groups excluding carboxylic acids is 1. The molecule has 0 aliphatic heterocycles. The van der Waals surface area contributed by atoms with Gasteiger partial charge in [-0.1, -0.05) is 24.3 Å². The van der Waals surface area contributed by atoms with Crippen molar-refractivity contribution in [2.75, 3.05) is 17.3 Å². The molecule has 0 aliphatic rings. The summed E-state index contributed by atoms with van der Waals surface area (Å²) >= 11 is 2.42. The quantitative estimate of drug-likeness (QED) is 0.165. The molecule has 13 heteroatoms. The molecule has 0 saturated heterocycles. The average molecular weight is 567 g/mol. The summed E-state index contributed by atoms with van der Waals surface area (Å²) in [6, 6.07) is 13.1. The SMILES string of the molecule is CSc1sc(C(=N)N)cc1S(=O)(=O)c1cccc(-c2c(C)cccc2NC(=O)CCCS(N)(=O)=O)c1. The molecule has 0 spiro atoms. The van der Waals surface area contributed by atoms with Gasteiger partial charge in [0.25, 0.3) is 0 Å². The van der Waals surface area contributed by atoms with Crippen LogP contribution in [0.3, 0.4) is 0 Å². The van der Waals surface area contributed by atoms with Crippen LogP contribution in [0.5, 0.6) is 0 Å². The van der Waals surface area contributed by atoms with E-state index in [1.807, 2.05) is 13.0 Å². The van der Waals surface area contributed by atoms with Crippen molar-refractivity contribution in [3.8, 4) is 11.1 Å². The number of carbonyl (C=O) groups is 1. The lowest BCUT2D eigenvalue weighted by Gasteiger charge is -2.15. The van der Waals surface area contributed by atoms with Crippen molar-refractivity contribution in [3.05, 3.63) is 59.0 Å². The molecule has 3 rings (SSSR count). The Morgan fingerprint density at radius 1 is 1.11 bits per heavy atom. The van der Waals surface area contributed by atoms with Crippen molar-refractivity contribution in [1.29, 1.82) is 5.41 Å². The van der Waals surface area contributed by atoms with Crippen molar-refractivity contribution in [2.24, 2.45) is 10.9 Å². The lowest BCUT2D eigenvalue weighted by atomic mass is 9.98. The zero-order chi connectivity index (χ0) is 26.7. The summed E-state index contributed by atoms with van der Waals surface area (Å²) in [7, 11) is -7.58. The third kappa shape index (κ3) is 6.53. The number of thioether (sulfide) groups is 1. The topological polar surface area (TPSA) is 173 Å². The number of nitrogens with two attached hydrogens (primary N) is 2. The smallest absolute Gasteiger partial charge is 0.224 e. The van der Waals surface area contributed by atoms with Gasteiger partial charge in [-0.25, -0.2) is 22.0 Å². The standard InChI is InChI=1S/C23H26N4O5S4/c1-14-6-3-9-17(27-20(28)10-5-11-35(26,29)30)21(14)15-7-4-8-16(12-15)36(31,32)19-13-18(22(24)25)34-23(19)33-2/h3-4,6-9,12-13H,5,10-11H2,1-2H3,(H3,24,25)(H,27,28)(H2,26,29,30). The Labute approximate surface area is 218 Å². The summed E-state index contributed by atoms with van der Waals surface area (Å²) < 4.78 is 49.9. The number of nitrogen functional groups attached to an aromatic ring is 1. The van der Waals surface area contributed by atoms with Crippen LogP contribution in [0.15, 0.2) is 62.5 Å². The summed E-state index contributed by atoms with van der Waals surface area (Å²) in [5.74, 6) is -0.878. The first kappa shape index (κ1) is 27.9. The van der Waals surface area contributed by atoms with Gasteiger partial charge in [0.15, 0.2) is 0 Å². The molecule has 1 amide bonds. The number of thiophene rings is 1. The van der Waals surface area contributed by atoms with Gasteiger partial charge < -0.3 is 11.1 Å². The van der Waals surface area contributed by atoms with Crippen molar-refractivity contribution in [3.63, 3.8) is 0 Å². The van der Waals surface area contributed by atoms with E-state index in [1.54, 1.807) is 36.6 Å². The molecule has 0 atom stereocenters. The zero-order valence-electron chi connectivity index (χ0n) is 19.6. The van der Waals surface area contributed by atoms with E-state index in [9.17, 15) is 21.6 Å². The fourth-order valence-corrected chi connectivity index (χ4v) is 8.02. The second-order valence-electron chi connectivity index (χ2n) is 7.93. The first-order valence-electron chi connectivity index (χ1n) is 10.6. The van der Waals surface area contributed by atoms with E-state index in [0.717, 1.165) is 16.9 Å². The number of nitrogens with one attached hydrogen (secondary N) is 2. The molecular formula is C23H26N4O5S4. The second-order valence-corrected chi connectivity index (χ2v) is 13.7. The molecule has 192 valence electrons. The largest absolute Gasteiger partial charge is 0.383 e. The molecule has 3 aromatic rings. The Kier molecular flexibility index (Phi) is 8.62. The third-order valence-electron chi connectivity index (χ3n) is 5.22. The summed E-state index contributed by atoms with van der Waals surface area (Å²) in [6.07, 6.45) is 1.81. The molecule has 0 bridgehead atoms. The zero-order valence-corrected chi connectivity index (χ0v) is 22.8. The van der Waals surface area contributed by atoms with E-state index < -0.39 is 19.9 Å². The maximum atomic E-state index is 13.5. The molecule has 0 saturated carbocycles. The molecule has 0 radical (unpaired) electrons. The van der Waals surface area contributed by atoms with Gasteiger partial charge >= 0.3 is 0 Å². The number of sulfone groups is 1. The fraction of sp³-hybridized carbons (Fsp3) is 0.217. The number of primary sulfonamides is 1. The van der Waals surface area contributed by atoms with Gasteiger partial charge in [0, 0.05) is 17.7 Å². The molecule has 1 aromatic heterocycles. The Morgan fingerprint density at radius 3 is 2.44 bits per heavy atom. The van der Waals surface area contributed by atoms with Gasteiger partial charge in [-0.2, -0.15) is 0 Å². The molecule has 6 N–H and O–H groups in total. The molecule has 2 aromatic carbocycles. The van der Waals surface area contributed by atoms with Gasteiger partial charge in [-0.15, -0.1) is 23.1 Å². The number of hydrogen-bond acceptors (Lipinski definition) is 8. The molecule has 0 aliphatic carbocycles. The molecule has 1 heterocycles. The van der Waals surface area contributed by atoms with Crippen molar-refractivity contribution >= 4 is 60.4 Å². The van der Waals surface area contributed by atoms with E-state index in [-0.39, 0.29) is 40.1 Å². The second kappa shape index (κ2) is 11.1. The van der Waals surface area contributed by atoms with Crippen LogP contribution in [0.2, 0.25) is 0 Å². The van der Waals surface area contributed by atoms with Gasteiger partial charge in [-0.3, -0.25) is 10.2 Å². The third-order valence-corrected chi connectivity index (χ3v) is 10.4. The van der Waals surface area contributed by atoms with Crippen LogP contribution in [-0.2, 0) is 24.7 Å². The number of aryl methyl sites for hydroxylation is 1. The minimum atomic E-state index is -3.92. The van der Waals surface area contributed by atoms with Crippen molar-refractivity contribution in [1.82, 2.24) is 0 Å². The van der Waals surface area contributed by atoms with Crippen LogP contribution in [-0.4, -0.2) is 40.6 Å². The van der Waals surface area contributed by atoms with Gasteiger partial charge in [0.1, 0.15) is 5.84 Å². The van der Waals surface area contributed by atoms with Crippen LogP contribution in [0.1, 0.15) is 23.3 Å². The van der Waals surface area contributed by atoms with Gasteiger partial charge in [0.2, 0.25) is 25.8 Å². The van der Waals surface area contributed by atoms with Crippen molar-refractivity contribution in [2.45, 2.75) is 33.8 Å². The highest BCUT2D eigenvalue weighted by Crippen LogP contribution is 2.38. The van der Waals surface area contributed by atoms with Crippen LogP contribution in [0.4, 0.5) is 5.69 Å². The Hall–Kier alpha value is -2.71. The average Bonchev–Trinajstić information content (AvgIpc) is 3.24. The number of amides is 1. The predicted molar refractivity (Wildman–Crippen MR) is 145 cm³/mol. The number of rotatable bonds is 10. The summed E-state index contributed by atoms with van der Waals surface area (Å²) in [6.45, 7) is 1.84. The maximum absolute atomic E-state index is 13.5. The Bertz CT molecular complexity index is 1530. The van der Waals surface area contributed by atoms with E-state index in [1.165, 1.54) is 23.9 Å². The number of hydrogen-bond donors (Lipinski definition) is 4. The molecule has 36 heavy (non-hydrogen) atoms. The van der Waals surface area contributed by atoms with Gasteiger partial charge in [-0.05, 0) is 55.0 Å². The summed E-state index contributed by atoms with van der Waals surface area (Å²) in [5, 5.41) is 15.5. The number of amidine groups is 1. The van der Waals surface area contributed by atoms with Crippen LogP contribution < -0.4 is 16.2 Å². The molecular weight excluding hydrogens is 541 g/mol. The number of anilines is 1. The Balaban J connectivity index is 1.98. The molecule has 0 fully saturated rings. The van der Waals surface area contributed by atoms with E-state index in [2.05, 4.69) is 5.32 Å². The van der Waals surface area contributed by atoms with Crippen molar-refractivity contribution < 1.29 is 21.6 Å². The number of benzene rings is 2. The minimum absolute atomic E-state index is 0.0354. The predicted octanol–water partition coefficient (Wildman–Crippen LogP) is 3.57. The van der Waals surface area contributed by atoms with E-state index >= 15 is 0 Å². The highest BCUT2D eigenvalue weighted by molar-refractivity contribution is 8.01.